The quantitative estimate of drug-likeness (QED) is 0.804. The molecule has 1 N–H and O–H groups in total. The molecule has 1 atom stereocenters. The van der Waals surface area contributed by atoms with Gasteiger partial charge in [0.2, 0.25) is 0 Å². The van der Waals surface area contributed by atoms with Crippen molar-refractivity contribution < 1.29 is 4.74 Å². The minimum atomic E-state index is 0.286. The first-order chi connectivity index (χ1) is 7.93. The molecule has 88 valence electrons. The van der Waals surface area contributed by atoms with Crippen molar-refractivity contribution in [2.75, 3.05) is 25.5 Å². The fourth-order valence-electron chi connectivity index (χ4n) is 2.16. The molecule has 0 bridgehead atoms. The largest absolute Gasteiger partial charge is 0.378 e. The van der Waals surface area contributed by atoms with E-state index < -0.39 is 0 Å². The summed E-state index contributed by atoms with van der Waals surface area (Å²) in [4.78, 5) is 0. The number of thioether (sulfide) groups is 1. The summed E-state index contributed by atoms with van der Waals surface area (Å²) in [6.45, 7) is 3.57. The van der Waals surface area contributed by atoms with Gasteiger partial charge in [-0.25, -0.2) is 0 Å². The Kier molecular flexibility index (Phi) is 3.17. The summed E-state index contributed by atoms with van der Waals surface area (Å²) in [6.07, 6.45) is 2.55. The monoisotopic (exact) mass is 239 g/mol. The molecule has 1 saturated heterocycles. The van der Waals surface area contributed by atoms with Crippen LogP contribution in [0.2, 0.25) is 0 Å². The summed E-state index contributed by atoms with van der Waals surface area (Å²) < 4.78 is 7.63. The highest BCUT2D eigenvalue weighted by Crippen LogP contribution is 2.27. The van der Waals surface area contributed by atoms with E-state index in [1.54, 1.807) is 0 Å². The lowest BCUT2D eigenvalue weighted by atomic mass is 10.2. The zero-order valence-corrected chi connectivity index (χ0v) is 10.1. The van der Waals surface area contributed by atoms with Gasteiger partial charge in [-0.1, -0.05) is 0 Å². The van der Waals surface area contributed by atoms with Crippen molar-refractivity contribution in [3.8, 4) is 0 Å². The van der Waals surface area contributed by atoms with Gasteiger partial charge in [-0.05, 0) is 24.7 Å². The van der Waals surface area contributed by atoms with Gasteiger partial charge in [0.25, 0.3) is 0 Å². The zero-order valence-electron chi connectivity index (χ0n) is 9.32. The third-order valence-corrected chi connectivity index (χ3v) is 4.17. The predicted molar refractivity (Wildman–Crippen MR) is 63.7 cm³/mol. The summed E-state index contributed by atoms with van der Waals surface area (Å²) in [5.74, 6) is 1.22. The van der Waals surface area contributed by atoms with Crippen LogP contribution >= 0.6 is 11.8 Å². The summed E-state index contributed by atoms with van der Waals surface area (Å²) in [5.41, 5.74) is 1.14. The molecule has 1 unspecified atom stereocenters. The van der Waals surface area contributed by atoms with Crippen molar-refractivity contribution in [2.24, 2.45) is 0 Å². The Morgan fingerprint density at radius 2 is 2.50 bits per heavy atom. The van der Waals surface area contributed by atoms with Crippen molar-refractivity contribution in [1.82, 2.24) is 15.1 Å². The second-order valence-corrected chi connectivity index (χ2v) is 5.38. The van der Waals surface area contributed by atoms with E-state index in [1.165, 1.54) is 23.6 Å². The molecule has 3 rings (SSSR count). The molecule has 1 aromatic rings. The lowest BCUT2D eigenvalue weighted by Gasteiger charge is -2.21. The van der Waals surface area contributed by atoms with Gasteiger partial charge in [-0.2, -0.15) is 5.10 Å². The first-order valence-electron chi connectivity index (χ1n) is 5.95. The van der Waals surface area contributed by atoms with Crippen molar-refractivity contribution in [2.45, 2.75) is 30.5 Å². The molecule has 2 aliphatic rings. The number of ether oxygens (including phenoxy) is 1. The molecule has 0 spiro atoms. The van der Waals surface area contributed by atoms with Crippen LogP contribution in [-0.4, -0.2) is 35.3 Å². The first kappa shape index (κ1) is 10.6. The van der Waals surface area contributed by atoms with Crippen LogP contribution in [-0.2, 0) is 11.3 Å². The van der Waals surface area contributed by atoms with E-state index in [-0.39, 0.29) is 6.04 Å². The Balaban J connectivity index is 1.80. The number of aromatic nitrogens is 2. The minimum absolute atomic E-state index is 0.286. The van der Waals surface area contributed by atoms with Crippen molar-refractivity contribution >= 4 is 11.8 Å². The molecule has 2 aliphatic heterocycles. The lowest BCUT2D eigenvalue weighted by molar-refractivity contribution is 0.0754. The van der Waals surface area contributed by atoms with E-state index in [0.717, 1.165) is 32.0 Å². The van der Waals surface area contributed by atoms with Crippen LogP contribution in [0.25, 0.3) is 0 Å². The van der Waals surface area contributed by atoms with E-state index >= 15 is 0 Å². The third-order valence-electron chi connectivity index (χ3n) is 3.05. The van der Waals surface area contributed by atoms with Crippen LogP contribution in [0.3, 0.4) is 0 Å². The van der Waals surface area contributed by atoms with E-state index in [0.29, 0.717) is 0 Å². The summed E-state index contributed by atoms with van der Waals surface area (Å²) in [6, 6.07) is 2.51. The van der Waals surface area contributed by atoms with Crippen LogP contribution < -0.4 is 5.32 Å². The Morgan fingerprint density at radius 3 is 3.38 bits per heavy atom. The van der Waals surface area contributed by atoms with E-state index in [2.05, 4.69) is 21.2 Å². The van der Waals surface area contributed by atoms with E-state index in [1.807, 2.05) is 11.8 Å². The topological polar surface area (TPSA) is 39.1 Å². The summed E-state index contributed by atoms with van der Waals surface area (Å²) in [5, 5.41) is 9.46. The molecule has 0 aliphatic carbocycles. The first-order valence-corrected chi connectivity index (χ1v) is 6.94. The van der Waals surface area contributed by atoms with Gasteiger partial charge in [0.1, 0.15) is 0 Å². The van der Waals surface area contributed by atoms with Gasteiger partial charge in [-0.15, -0.1) is 11.8 Å². The maximum atomic E-state index is 5.47. The molecule has 0 aromatic carbocycles. The average molecular weight is 239 g/mol. The molecule has 5 heteroatoms. The number of fused-ring (bicyclic) bond motifs is 1. The summed E-state index contributed by atoms with van der Waals surface area (Å²) >= 11 is 1.93. The molecule has 0 saturated carbocycles. The number of rotatable bonds is 1. The Labute approximate surface area is 99.7 Å². The SMILES string of the molecule is c1c(C2COCCN2)nn2c1SCCCC2. The highest BCUT2D eigenvalue weighted by Gasteiger charge is 2.20. The molecule has 16 heavy (non-hydrogen) atoms. The Hall–Kier alpha value is -0.520. The molecule has 1 fully saturated rings. The number of morpholine rings is 1. The van der Waals surface area contributed by atoms with Crippen LogP contribution in [0.1, 0.15) is 24.6 Å². The number of hydrogen-bond acceptors (Lipinski definition) is 4. The number of aryl methyl sites for hydroxylation is 1. The Morgan fingerprint density at radius 1 is 1.50 bits per heavy atom. The van der Waals surface area contributed by atoms with Crippen LogP contribution in [0.4, 0.5) is 0 Å². The number of nitrogens with zero attached hydrogens (tertiary/aromatic N) is 2. The number of nitrogens with one attached hydrogen (secondary N) is 1. The van der Waals surface area contributed by atoms with Crippen molar-refractivity contribution in [3.63, 3.8) is 0 Å². The minimum Gasteiger partial charge on any atom is -0.378 e. The van der Waals surface area contributed by atoms with E-state index in [9.17, 15) is 0 Å². The normalized spacial score (nSPS) is 26.1. The van der Waals surface area contributed by atoms with Crippen molar-refractivity contribution in [3.05, 3.63) is 11.8 Å². The molecule has 0 amide bonds. The van der Waals surface area contributed by atoms with Crippen LogP contribution in [0.15, 0.2) is 11.1 Å². The van der Waals surface area contributed by atoms with Gasteiger partial charge in [0, 0.05) is 13.1 Å². The van der Waals surface area contributed by atoms with E-state index in [4.69, 9.17) is 4.74 Å². The molecule has 3 heterocycles. The highest BCUT2D eigenvalue weighted by atomic mass is 32.2. The fraction of sp³-hybridized carbons (Fsp3) is 0.727. The van der Waals surface area contributed by atoms with Gasteiger partial charge >= 0.3 is 0 Å². The fourth-order valence-corrected chi connectivity index (χ4v) is 3.20. The molecular formula is C11H17N3OS. The smallest absolute Gasteiger partial charge is 0.0943 e. The van der Waals surface area contributed by atoms with Gasteiger partial charge in [0.15, 0.2) is 0 Å². The number of hydrogen-bond donors (Lipinski definition) is 1. The Bertz CT molecular complexity index is 337. The van der Waals surface area contributed by atoms with Crippen LogP contribution in [0.5, 0.6) is 0 Å². The zero-order chi connectivity index (χ0) is 10.8. The molecule has 4 nitrogen and oxygen atoms in total. The maximum Gasteiger partial charge on any atom is 0.0943 e. The molecule has 1 aromatic heterocycles. The molecular weight excluding hydrogens is 222 g/mol. The average Bonchev–Trinajstić information content (AvgIpc) is 2.62. The summed E-state index contributed by atoms with van der Waals surface area (Å²) in [7, 11) is 0. The third kappa shape index (κ3) is 2.12. The molecule has 0 radical (unpaired) electrons. The van der Waals surface area contributed by atoms with Gasteiger partial charge < -0.3 is 10.1 Å². The van der Waals surface area contributed by atoms with Gasteiger partial charge in [-0.3, -0.25) is 4.68 Å². The highest BCUT2D eigenvalue weighted by molar-refractivity contribution is 7.99. The predicted octanol–water partition coefficient (Wildman–Crippen LogP) is 1.43. The van der Waals surface area contributed by atoms with Gasteiger partial charge in [0.05, 0.1) is 30.0 Å². The standard InChI is InChI=1S/C11H17N3OS/c1-2-6-16-11-7-9(13-14(11)4-1)10-8-15-5-3-12-10/h7,10,12H,1-6,8H2. The lowest BCUT2D eigenvalue weighted by Crippen LogP contribution is -2.34. The maximum absolute atomic E-state index is 5.47. The second kappa shape index (κ2) is 4.77. The van der Waals surface area contributed by atoms with Crippen molar-refractivity contribution in [1.29, 1.82) is 0 Å². The second-order valence-electron chi connectivity index (χ2n) is 4.27. The van der Waals surface area contributed by atoms with Crippen LogP contribution in [0, 0.1) is 0 Å².